The van der Waals surface area contributed by atoms with Gasteiger partial charge in [-0.3, -0.25) is 0 Å². The van der Waals surface area contributed by atoms with Gasteiger partial charge in [-0.1, -0.05) is 24.8 Å². The van der Waals surface area contributed by atoms with Gasteiger partial charge >= 0.3 is 0 Å². The van der Waals surface area contributed by atoms with Crippen molar-refractivity contribution in [2.45, 2.75) is 13.8 Å². The molecule has 2 heteroatoms. The Kier molecular flexibility index (Phi) is 8.65. The van der Waals surface area contributed by atoms with Gasteiger partial charge in [0.25, 0.3) is 0 Å². The van der Waals surface area contributed by atoms with Crippen LogP contribution in [-0.4, -0.2) is 13.2 Å². The maximum Gasteiger partial charge on any atom is 0.0844 e. The van der Waals surface area contributed by atoms with Crippen LogP contribution in [0.1, 0.15) is 13.8 Å². The summed E-state index contributed by atoms with van der Waals surface area (Å²) in [6.07, 6.45) is 1.43. The van der Waals surface area contributed by atoms with E-state index >= 15 is 0 Å². The van der Waals surface area contributed by atoms with E-state index in [2.05, 4.69) is 35.7 Å². The number of hydrogen-bond acceptors (Lipinski definition) is 2. The van der Waals surface area contributed by atoms with Crippen LogP contribution in [0, 0.1) is 0 Å². The Morgan fingerprint density at radius 2 is 1.93 bits per heavy atom. The van der Waals surface area contributed by atoms with Crippen LogP contribution in [0.15, 0.2) is 43.2 Å². The van der Waals surface area contributed by atoms with Gasteiger partial charge in [0, 0.05) is 12.2 Å². The lowest BCUT2D eigenvalue weighted by molar-refractivity contribution is 0.270. The zero-order chi connectivity index (χ0) is 10.6. The number of rotatable bonds is 4. The Balaban J connectivity index is 0.000000292. The Morgan fingerprint density at radius 1 is 1.29 bits per heavy atom. The van der Waals surface area contributed by atoms with Crippen LogP contribution < -0.4 is 5.32 Å². The molecule has 0 aliphatic rings. The Bertz CT molecular complexity index is 221. The number of hydrogen-bond donors (Lipinski definition) is 1. The lowest BCUT2D eigenvalue weighted by Gasteiger charge is -1.99. The molecule has 0 fully saturated rings. The lowest BCUT2D eigenvalue weighted by Crippen LogP contribution is -1.94. The van der Waals surface area contributed by atoms with Crippen molar-refractivity contribution in [1.82, 2.24) is 0 Å². The van der Waals surface area contributed by atoms with E-state index in [-0.39, 0.29) is 0 Å². The van der Waals surface area contributed by atoms with Gasteiger partial charge in [0.15, 0.2) is 0 Å². The fourth-order valence-electron chi connectivity index (χ4n) is 0.878. The molecule has 1 aromatic carbocycles. The highest BCUT2D eigenvalue weighted by molar-refractivity contribution is 5.41. The monoisotopic (exact) mass is 193 g/mol. The van der Waals surface area contributed by atoms with E-state index in [9.17, 15) is 0 Å². The SMILES string of the molecule is C=COCC.CCNc1ccccc1. The van der Waals surface area contributed by atoms with E-state index in [1.54, 1.807) is 0 Å². The number of para-hydroxylation sites is 1. The largest absolute Gasteiger partial charge is 0.502 e. The molecule has 0 atom stereocenters. The summed E-state index contributed by atoms with van der Waals surface area (Å²) in [7, 11) is 0. The molecule has 0 saturated carbocycles. The molecular weight excluding hydrogens is 174 g/mol. The van der Waals surface area contributed by atoms with Gasteiger partial charge in [-0.15, -0.1) is 0 Å². The fraction of sp³-hybridized carbons (Fsp3) is 0.333. The number of benzene rings is 1. The number of anilines is 1. The van der Waals surface area contributed by atoms with Gasteiger partial charge in [-0.05, 0) is 26.0 Å². The van der Waals surface area contributed by atoms with E-state index < -0.39 is 0 Å². The minimum Gasteiger partial charge on any atom is -0.502 e. The van der Waals surface area contributed by atoms with Crippen molar-refractivity contribution in [3.05, 3.63) is 43.2 Å². The van der Waals surface area contributed by atoms with Crippen molar-refractivity contribution in [2.24, 2.45) is 0 Å². The molecule has 0 bridgehead atoms. The molecule has 1 rings (SSSR count). The van der Waals surface area contributed by atoms with Crippen molar-refractivity contribution in [1.29, 1.82) is 0 Å². The molecule has 14 heavy (non-hydrogen) atoms. The average Bonchev–Trinajstić information content (AvgIpc) is 2.22. The van der Waals surface area contributed by atoms with Gasteiger partial charge in [-0.25, -0.2) is 0 Å². The molecule has 1 N–H and O–H groups in total. The highest BCUT2D eigenvalue weighted by Gasteiger charge is 1.81. The summed E-state index contributed by atoms with van der Waals surface area (Å²) in [6, 6.07) is 10.2. The second-order valence-electron chi connectivity index (χ2n) is 2.52. The molecule has 0 heterocycles. The minimum atomic E-state index is 0.726. The van der Waals surface area contributed by atoms with Crippen molar-refractivity contribution in [3.63, 3.8) is 0 Å². The van der Waals surface area contributed by atoms with Crippen LogP contribution in [0.4, 0.5) is 5.69 Å². The summed E-state index contributed by atoms with van der Waals surface area (Å²) in [5, 5.41) is 3.21. The summed E-state index contributed by atoms with van der Waals surface area (Å²) < 4.78 is 4.60. The minimum absolute atomic E-state index is 0.726. The third kappa shape index (κ3) is 7.22. The van der Waals surface area contributed by atoms with E-state index in [0.717, 1.165) is 13.2 Å². The molecular formula is C12H19NO. The standard InChI is InChI=1S/C8H11N.C4H8O/c1-2-9-8-6-4-3-5-7-8;1-3-5-4-2/h3-7,9H,2H2,1H3;3H,1,4H2,2H3. The lowest BCUT2D eigenvalue weighted by atomic mass is 10.3. The van der Waals surface area contributed by atoms with E-state index in [0.29, 0.717) is 0 Å². The van der Waals surface area contributed by atoms with E-state index in [1.807, 2.05) is 25.1 Å². The summed E-state index contributed by atoms with van der Waals surface area (Å²) in [4.78, 5) is 0. The first kappa shape index (κ1) is 12.6. The normalized spacial score (nSPS) is 8.14. The topological polar surface area (TPSA) is 21.3 Å². The van der Waals surface area contributed by atoms with Gasteiger partial charge < -0.3 is 10.1 Å². The van der Waals surface area contributed by atoms with E-state index in [1.165, 1.54) is 11.9 Å². The highest BCUT2D eigenvalue weighted by atomic mass is 16.5. The fourth-order valence-corrected chi connectivity index (χ4v) is 0.878. The smallest absolute Gasteiger partial charge is 0.0844 e. The first-order valence-electron chi connectivity index (χ1n) is 4.86. The molecule has 0 aromatic heterocycles. The zero-order valence-electron chi connectivity index (χ0n) is 8.99. The third-order valence-electron chi connectivity index (χ3n) is 1.44. The van der Waals surface area contributed by atoms with Gasteiger partial charge in [0.05, 0.1) is 12.9 Å². The predicted octanol–water partition coefficient (Wildman–Crippen LogP) is 3.28. The van der Waals surface area contributed by atoms with Crippen LogP contribution in [0.5, 0.6) is 0 Å². The number of nitrogens with one attached hydrogen (secondary N) is 1. The molecule has 78 valence electrons. The van der Waals surface area contributed by atoms with Crippen LogP contribution >= 0.6 is 0 Å². The Morgan fingerprint density at radius 3 is 2.29 bits per heavy atom. The molecule has 0 aliphatic heterocycles. The molecule has 0 spiro atoms. The Hall–Kier alpha value is -1.44. The predicted molar refractivity (Wildman–Crippen MR) is 62.4 cm³/mol. The first-order chi connectivity index (χ1) is 6.85. The summed E-state index contributed by atoms with van der Waals surface area (Å²) in [5.74, 6) is 0. The Labute approximate surface area is 86.6 Å². The molecule has 0 unspecified atom stereocenters. The van der Waals surface area contributed by atoms with Crippen molar-refractivity contribution in [3.8, 4) is 0 Å². The van der Waals surface area contributed by atoms with Crippen LogP contribution in [0.25, 0.3) is 0 Å². The molecule has 0 amide bonds. The molecule has 0 saturated heterocycles. The maximum absolute atomic E-state index is 4.60. The van der Waals surface area contributed by atoms with Crippen molar-refractivity contribution >= 4 is 5.69 Å². The van der Waals surface area contributed by atoms with Crippen molar-refractivity contribution < 1.29 is 4.74 Å². The van der Waals surface area contributed by atoms with Gasteiger partial charge in [-0.2, -0.15) is 0 Å². The highest BCUT2D eigenvalue weighted by Crippen LogP contribution is 2.02. The quantitative estimate of drug-likeness (QED) is 0.741. The van der Waals surface area contributed by atoms with Crippen LogP contribution in [-0.2, 0) is 4.74 Å². The summed E-state index contributed by atoms with van der Waals surface area (Å²) in [5.41, 5.74) is 1.19. The second-order valence-corrected chi connectivity index (χ2v) is 2.52. The molecule has 0 aliphatic carbocycles. The first-order valence-corrected chi connectivity index (χ1v) is 4.86. The van der Waals surface area contributed by atoms with Gasteiger partial charge in [0.1, 0.15) is 0 Å². The van der Waals surface area contributed by atoms with Crippen LogP contribution in [0.2, 0.25) is 0 Å². The van der Waals surface area contributed by atoms with E-state index in [4.69, 9.17) is 0 Å². The second kappa shape index (κ2) is 9.65. The number of ether oxygens (including phenoxy) is 1. The maximum atomic E-state index is 4.60. The molecule has 1 aromatic rings. The summed E-state index contributed by atoms with van der Waals surface area (Å²) >= 11 is 0. The zero-order valence-corrected chi connectivity index (χ0v) is 8.99. The molecule has 0 radical (unpaired) electrons. The van der Waals surface area contributed by atoms with Crippen molar-refractivity contribution in [2.75, 3.05) is 18.5 Å². The summed E-state index contributed by atoms with van der Waals surface area (Å²) in [6.45, 7) is 9.05. The van der Waals surface area contributed by atoms with Crippen LogP contribution in [0.3, 0.4) is 0 Å². The van der Waals surface area contributed by atoms with Gasteiger partial charge in [0.2, 0.25) is 0 Å². The third-order valence-corrected chi connectivity index (χ3v) is 1.44. The average molecular weight is 193 g/mol. The molecule has 2 nitrogen and oxygen atoms in total.